The average Bonchev–Trinajstić information content (AvgIpc) is 2.89. The van der Waals surface area contributed by atoms with Gasteiger partial charge in [-0.1, -0.05) is 0 Å². The van der Waals surface area contributed by atoms with Crippen molar-refractivity contribution >= 4 is 17.9 Å². The third-order valence-corrected chi connectivity index (χ3v) is 4.90. The molecule has 4 aromatic rings. The zero-order valence-corrected chi connectivity index (χ0v) is 18.4. The predicted molar refractivity (Wildman–Crippen MR) is 128 cm³/mol. The third kappa shape index (κ3) is 5.13. The van der Waals surface area contributed by atoms with E-state index < -0.39 is 4.92 Å². The van der Waals surface area contributed by atoms with Gasteiger partial charge in [0.15, 0.2) is 0 Å². The quantitative estimate of drug-likeness (QED) is 0.232. The van der Waals surface area contributed by atoms with E-state index in [-0.39, 0.29) is 11.6 Å². The normalized spacial score (nSPS) is 10.8. The third-order valence-electron chi connectivity index (χ3n) is 4.90. The zero-order valence-electron chi connectivity index (χ0n) is 18.4. The molecular formula is C24H20N6O4. The predicted octanol–water partition coefficient (Wildman–Crippen LogP) is 4.58. The van der Waals surface area contributed by atoms with Gasteiger partial charge in [0.05, 0.1) is 25.4 Å². The Bertz CT molecular complexity index is 1310. The monoisotopic (exact) mass is 456 g/mol. The van der Waals surface area contributed by atoms with Gasteiger partial charge in [-0.3, -0.25) is 10.1 Å². The number of nitro benzene ring substituents is 1. The molecule has 3 aromatic carbocycles. The number of ether oxygens (including phenoxy) is 2. The highest BCUT2D eigenvalue weighted by molar-refractivity contribution is 5.81. The number of hydrogen-bond acceptors (Lipinski definition) is 9. The molecule has 0 aliphatic rings. The summed E-state index contributed by atoms with van der Waals surface area (Å²) >= 11 is 0. The van der Waals surface area contributed by atoms with E-state index in [1.54, 1.807) is 26.4 Å². The zero-order chi connectivity index (χ0) is 23.9. The molecule has 1 aromatic heterocycles. The van der Waals surface area contributed by atoms with E-state index >= 15 is 0 Å². The van der Waals surface area contributed by atoms with E-state index in [1.165, 1.54) is 18.3 Å². The van der Waals surface area contributed by atoms with Crippen molar-refractivity contribution in [3.05, 3.63) is 88.5 Å². The van der Waals surface area contributed by atoms with Crippen LogP contribution in [0.3, 0.4) is 0 Å². The molecule has 34 heavy (non-hydrogen) atoms. The number of methoxy groups -OCH3 is 2. The number of nitrogens with zero attached hydrogens (tertiary/aromatic N) is 5. The number of hydrazone groups is 1. The van der Waals surface area contributed by atoms with Crippen molar-refractivity contribution in [1.29, 1.82) is 0 Å². The summed E-state index contributed by atoms with van der Waals surface area (Å²) in [6.45, 7) is 0. The molecule has 170 valence electrons. The smallest absolute Gasteiger partial charge is 0.269 e. The topological polar surface area (TPSA) is 125 Å². The minimum atomic E-state index is -0.455. The number of benzene rings is 3. The molecule has 1 heterocycles. The lowest BCUT2D eigenvalue weighted by atomic mass is 10.0. The lowest BCUT2D eigenvalue weighted by Gasteiger charge is -2.10. The van der Waals surface area contributed by atoms with Gasteiger partial charge in [0.25, 0.3) is 11.6 Å². The van der Waals surface area contributed by atoms with E-state index in [9.17, 15) is 10.1 Å². The van der Waals surface area contributed by atoms with Gasteiger partial charge in [-0.25, -0.2) is 10.4 Å². The van der Waals surface area contributed by atoms with Crippen LogP contribution in [-0.2, 0) is 0 Å². The van der Waals surface area contributed by atoms with Crippen LogP contribution in [-0.4, -0.2) is 40.5 Å². The van der Waals surface area contributed by atoms with Crippen molar-refractivity contribution in [2.24, 2.45) is 5.10 Å². The second-order valence-electron chi connectivity index (χ2n) is 7.01. The van der Waals surface area contributed by atoms with Crippen LogP contribution in [0.4, 0.5) is 11.6 Å². The van der Waals surface area contributed by atoms with Gasteiger partial charge >= 0.3 is 0 Å². The van der Waals surface area contributed by atoms with Crippen molar-refractivity contribution in [2.45, 2.75) is 0 Å². The average molecular weight is 456 g/mol. The fraction of sp³-hybridized carbons (Fsp3) is 0.0833. The maximum absolute atomic E-state index is 10.8. The molecule has 0 atom stereocenters. The number of aromatic nitrogens is 3. The number of nitrogens with one attached hydrogen (secondary N) is 1. The molecule has 0 radical (unpaired) electrons. The molecular weight excluding hydrogens is 436 g/mol. The molecule has 10 heteroatoms. The van der Waals surface area contributed by atoms with E-state index in [4.69, 9.17) is 9.47 Å². The molecule has 4 rings (SSSR count). The Hall–Kier alpha value is -4.86. The summed E-state index contributed by atoms with van der Waals surface area (Å²) in [7, 11) is 3.21. The second kappa shape index (κ2) is 10.2. The molecule has 0 spiro atoms. The van der Waals surface area contributed by atoms with E-state index in [1.807, 2.05) is 48.5 Å². The first-order valence-corrected chi connectivity index (χ1v) is 10.1. The summed E-state index contributed by atoms with van der Waals surface area (Å²) in [6.07, 6.45) is 1.51. The molecule has 10 nitrogen and oxygen atoms in total. The van der Waals surface area contributed by atoms with Gasteiger partial charge in [-0.05, 0) is 66.2 Å². The van der Waals surface area contributed by atoms with Gasteiger partial charge in [0.1, 0.15) is 22.9 Å². The van der Waals surface area contributed by atoms with Crippen molar-refractivity contribution in [3.8, 4) is 34.0 Å². The number of anilines is 1. The van der Waals surface area contributed by atoms with Crippen molar-refractivity contribution in [3.63, 3.8) is 0 Å². The molecule has 0 unspecified atom stereocenters. The van der Waals surface area contributed by atoms with Crippen molar-refractivity contribution < 1.29 is 14.4 Å². The summed E-state index contributed by atoms with van der Waals surface area (Å²) in [5, 5.41) is 23.4. The van der Waals surface area contributed by atoms with Crippen LogP contribution >= 0.6 is 0 Å². The van der Waals surface area contributed by atoms with Crippen LogP contribution in [0.2, 0.25) is 0 Å². The lowest BCUT2D eigenvalue weighted by Crippen LogP contribution is -2.03. The molecule has 0 aliphatic heterocycles. The Balaban J connectivity index is 1.63. The molecule has 0 saturated carbocycles. The van der Waals surface area contributed by atoms with E-state index in [2.05, 4.69) is 25.7 Å². The van der Waals surface area contributed by atoms with Gasteiger partial charge in [0, 0.05) is 23.3 Å². The molecule has 0 bridgehead atoms. The molecule has 0 aliphatic carbocycles. The first-order chi connectivity index (χ1) is 16.6. The second-order valence-corrected chi connectivity index (χ2v) is 7.01. The summed E-state index contributed by atoms with van der Waals surface area (Å²) < 4.78 is 10.5. The maximum Gasteiger partial charge on any atom is 0.269 e. The summed E-state index contributed by atoms with van der Waals surface area (Å²) in [5.74, 6) is 1.65. The SMILES string of the molecule is COc1ccc(-c2nnc(N/N=C/c3ccc([N+](=O)[O-])cc3)nc2-c2ccc(OC)cc2)cc1. The van der Waals surface area contributed by atoms with Gasteiger partial charge < -0.3 is 9.47 Å². The first-order valence-electron chi connectivity index (χ1n) is 10.1. The number of rotatable bonds is 8. The number of hydrogen-bond donors (Lipinski definition) is 1. The minimum absolute atomic E-state index is 0.0101. The highest BCUT2D eigenvalue weighted by Crippen LogP contribution is 2.31. The summed E-state index contributed by atoms with van der Waals surface area (Å²) in [5.41, 5.74) is 6.31. The largest absolute Gasteiger partial charge is 0.497 e. The molecule has 0 amide bonds. The Kier molecular flexibility index (Phi) is 6.68. The van der Waals surface area contributed by atoms with Crippen LogP contribution in [0, 0.1) is 10.1 Å². The van der Waals surface area contributed by atoms with Crippen molar-refractivity contribution in [1.82, 2.24) is 15.2 Å². The molecule has 0 saturated heterocycles. The number of nitro groups is 1. The Morgan fingerprint density at radius 2 is 1.38 bits per heavy atom. The lowest BCUT2D eigenvalue weighted by molar-refractivity contribution is -0.384. The first kappa shape index (κ1) is 22.3. The number of non-ortho nitro benzene ring substituents is 1. The Labute approximate surface area is 195 Å². The van der Waals surface area contributed by atoms with Crippen LogP contribution < -0.4 is 14.9 Å². The van der Waals surface area contributed by atoms with E-state index in [0.29, 0.717) is 17.0 Å². The summed E-state index contributed by atoms with van der Waals surface area (Å²) in [6, 6.07) is 20.9. The fourth-order valence-corrected chi connectivity index (χ4v) is 3.11. The standard InChI is InChI=1S/C24H20N6O4/c1-33-20-11-5-17(6-12-20)22-23(18-7-13-21(34-2)14-8-18)27-29-24(26-22)28-25-15-16-3-9-19(10-4-16)30(31)32/h3-15H,1-2H3,(H,26,28,29)/b25-15+. The Morgan fingerprint density at radius 3 is 1.91 bits per heavy atom. The minimum Gasteiger partial charge on any atom is -0.497 e. The van der Waals surface area contributed by atoms with Gasteiger partial charge in [-0.15, -0.1) is 10.2 Å². The molecule has 1 N–H and O–H groups in total. The highest BCUT2D eigenvalue weighted by Gasteiger charge is 2.14. The summed E-state index contributed by atoms with van der Waals surface area (Å²) in [4.78, 5) is 15.0. The van der Waals surface area contributed by atoms with Crippen molar-refractivity contribution in [2.75, 3.05) is 19.6 Å². The van der Waals surface area contributed by atoms with Crippen LogP contribution in [0.15, 0.2) is 77.9 Å². The Morgan fingerprint density at radius 1 is 0.824 bits per heavy atom. The van der Waals surface area contributed by atoms with Gasteiger partial charge in [0.2, 0.25) is 0 Å². The maximum atomic E-state index is 10.8. The fourth-order valence-electron chi connectivity index (χ4n) is 3.11. The highest BCUT2D eigenvalue weighted by atomic mass is 16.6. The van der Waals surface area contributed by atoms with Gasteiger partial charge in [-0.2, -0.15) is 5.10 Å². The van der Waals surface area contributed by atoms with Crippen LogP contribution in [0.5, 0.6) is 11.5 Å². The van der Waals surface area contributed by atoms with Crippen LogP contribution in [0.25, 0.3) is 22.5 Å². The van der Waals surface area contributed by atoms with E-state index in [0.717, 1.165) is 22.6 Å². The van der Waals surface area contributed by atoms with Crippen LogP contribution in [0.1, 0.15) is 5.56 Å². The molecule has 0 fully saturated rings.